The minimum Gasteiger partial charge on any atom is -0.356 e. The first kappa shape index (κ1) is 13.5. The standard InChI is InChI=1S/C16H21N5O/c1-10(22)21-7-11-5-13(6-12(11)8-21)20(2)16-14-3-4-17-15(14)18-9-19-16/h3-4,9,11-13H,5-8H2,1-2H3,(H,17,18,19)/t11-,12?,13-/m0/s1. The SMILES string of the molecule is CC(=O)N1CC2C[C@@H](N(C)c3ncnc4[nH]ccc34)C[C@H]2C1. The van der Waals surface area contributed by atoms with Gasteiger partial charge in [0.05, 0.1) is 5.39 Å². The second kappa shape index (κ2) is 4.97. The highest BCUT2D eigenvalue weighted by molar-refractivity contribution is 5.87. The van der Waals surface area contributed by atoms with E-state index in [0.29, 0.717) is 17.9 Å². The Balaban J connectivity index is 1.53. The number of carbonyl (C=O) groups excluding carboxylic acids is 1. The quantitative estimate of drug-likeness (QED) is 0.916. The van der Waals surface area contributed by atoms with Crippen LogP contribution in [0.25, 0.3) is 11.0 Å². The Kier molecular flexibility index (Phi) is 3.06. The number of carbonyl (C=O) groups is 1. The molecule has 2 fully saturated rings. The second-order valence-electron chi connectivity index (χ2n) is 6.62. The lowest BCUT2D eigenvalue weighted by molar-refractivity contribution is -0.128. The van der Waals surface area contributed by atoms with Crippen LogP contribution in [-0.2, 0) is 4.79 Å². The Morgan fingerprint density at radius 2 is 2.05 bits per heavy atom. The lowest BCUT2D eigenvalue weighted by Crippen LogP contribution is -2.33. The van der Waals surface area contributed by atoms with Gasteiger partial charge in [-0.1, -0.05) is 0 Å². The largest absolute Gasteiger partial charge is 0.356 e. The molecule has 6 nitrogen and oxygen atoms in total. The van der Waals surface area contributed by atoms with Gasteiger partial charge in [0.2, 0.25) is 5.91 Å². The van der Waals surface area contributed by atoms with Gasteiger partial charge in [0.1, 0.15) is 17.8 Å². The number of hydrogen-bond donors (Lipinski definition) is 1. The molecule has 1 N–H and O–H groups in total. The molecule has 3 atom stereocenters. The molecular formula is C16H21N5O. The predicted octanol–water partition coefficient (Wildman–Crippen LogP) is 1.65. The highest BCUT2D eigenvalue weighted by Crippen LogP contribution is 2.41. The van der Waals surface area contributed by atoms with Crippen LogP contribution >= 0.6 is 0 Å². The predicted molar refractivity (Wildman–Crippen MR) is 84.5 cm³/mol. The maximum absolute atomic E-state index is 11.5. The van der Waals surface area contributed by atoms with E-state index in [0.717, 1.165) is 42.8 Å². The molecule has 6 heteroatoms. The first-order valence-electron chi connectivity index (χ1n) is 7.90. The summed E-state index contributed by atoms with van der Waals surface area (Å²) in [5.74, 6) is 2.49. The summed E-state index contributed by atoms with van der Waals surface area (Å²) in [6.07, 6.45) is 5.81. The van der Waals surface area contributed by atoms with E-state index in [1.807, 2.05) is 17.2 Å². The van der Waals surface area contributed by atoms with E-state index in [1.54, 1.807) is 13.3 Å². The lowest BCUT2D eigenvalue weighted by atomic mass is 10.0. The number of aromatic nitrogens is 3. The molecule has 1 unspecified atom stereocenters. The maximum Gasteiger partial charge on any atom is 0.219 e. The minimum atomic E-state index is 0.212. The first-order valence-corrected chi connectivity index (χ1v) is 7.90. The number of nitrogens with zero attached hydrogens (tertiary/aromatic N) is 4. The Morgan fingerprint density at radius 3 is 2.73 bits per heavy atom. The summed E-state index contributed by atoms with van der Waals surface area (Å²) in [6, 6.07) is 2.53. The molecule has 1 aliphatic carbocycles. The topological polar surface area (TPSA) is 65.1 Å². The Morgan fingerprint density at radius 1 is 1.32 bits per heavy atom. The van der Waals surface area contributed by atoms with Gasteiger partial charge in [-0.3, -0.25) is 4.79 Å². The number of fused-ring (bicyclic) bond motifs is 2. The van der Waals surface area contributed by atoms with E-state index in [4.69, 9.17) is 0 Å². The summed E-state index contributed by atoms with van der Waals surface area (Å²) in [5.41, 5.74) is 0.887. The number of likely N-dealkylation sites (tertiary alicyclic amines) is 1. The Hall–Kier alpha value is -2.11. The van der Waals surface area contributed by atoms with Gasteiger partial charge >= 0.3 is 0 Å². The maximum atomic E-state index is 11.5. The van der Waals surface area contributed by atoms with Crippen LogP contribution in [0, 0.1) is 11.8 Å². The first-order chi connectivity index (χ1) is 10.6. The second-order valence-corrected chi connectivity index (χ2v) is 6.62. The van der Waals surface area contributed by atoms with Crippen molar-refractivity contribution in [2.75, 3.05) is 25.0 Å². The van der Waals surface area contributed by atoms with Crippen molar-refractivity contribution in [3.8, 4) is 0 Å². The third kappa shape index (κ3) is 2.05. The molecule has 1 aliphatic heterocycles. The molecule has 2 aliphatic rings. The van der Waals surface area contributed by atoms with Crippen molar-refractivity contribution < 1.29 is 4.79 Å². The van der Waals surface area contributed by atoms with Gasteiger partial charge in [0.15, 0.2) is 0 Å². The van der Waals surface area contributed by atoms with Gasteiger partial charge in [0, 0.05) is 39.3 Å². The van der Waals surface area contributed by atoms with Crippen LogP contribution in [0.3, 0.4) is 0 Å². The molecular weight excluding hydrogens is 278 g/mol. The molecule has 0 bridgehead atoms. The van der Waals surface area contributed by atoms with Gasteiger partial charge < -0.3 is 14.8 Å². The number of rotatable bonds is 2. The van der Waals surface area contributed by atoms with Crippen molar-refractivity contribution in [1.29, 1.82) is 0 Å². The molecule has 3 heterocycles. The van der Waals surface area contributed by atoms with E-state index in [-0.39, 0.29) is 5.91 Å². The zero-order valence-electron chi connectivity index (χ0n) is 13.0. The molecule has 4 rings (SSSR count). The normalized spacial score (nSPS) is 27.4. The minimum absolute atomic E-state index is 0.212. The molecule has 2 aromatic rings. The average molecular weight is 299 g/mol. The number of hydrogen-bond acceptors (Lipinski definition) is 4. The van der Waals surface area contributed by atoms with Crippen LogP contribution in [0.4, 0.5) is 5.82 Å². The van der Waals surface area contributed by atoms with Gasteiger partial charge in [-0.05, 0) is 30.7 Å². The number of nitrogens with one attached hydrogen (secondary N) is 1. The summed E-state index contributed by atoms with van der Waals surface area (Å²) >= 11 is 0. The fourth-order valence-corrected chi connectivity index (χ4v) is 4.15. The highest BCUT2D eigenvalue weighted by atomic mass is 16.2. The van der Waals surface area contributed by atoms with Crippen molar-refractivity contribution in [1.82, 2.24) is 19.9 Å². The van der Waals surface area contributed by atoms with E-state index >= 15 is 0 Å². The van der Waals surface area contributed by atoms with Crippen LogP contribution in [-0.4, -0.2) is 51.9 Å². The van der Waals surface area contributed by atoms with E-state index in [9.17, 15) is 4.79 Å². The van der Waals surface area contributed by atoms with Gasteiger partial charge in [-0.25, -0.2) is 9.97 Å². The molecule has 1 amide bonds. The van der Waals surface area contributed by atoms with Crippen LogP contribution in [0.1, 0.15) is 19.8 Å². The fraction of sp³-hybridized carbons (Fsp3) is 0.562. The van der Waals surface area contributed by atoms with Crippen molar-refractivity contribution in [2.24, 2.45) is 11.8 Å². The molecule has 1 saturated heterocycles. The number of aromatic amines is 1. The zero-order chi connectivity index (χ0) is 15.3. The summed E-state index contributed by atoms with van der Waals surface area (Å²) in [7, 11) is 2.13. The van der Waals surface area contributed by atoms with Crippen LogP contribution in [0.15, 0.2) is 18.6 Å². The summed E-state index contributed by atoms with van der Waals surface area (Å²) in [5, 5.41) is 1.08. The average Bonchev–Trinajstić information content (AvgIpc) is 3.18. The summed E-state index contributed by atoms with van der Waals surface area (Å²) in [6.45, 7) is 3.52. The van der Waals surface area contributed by atoms with Gasteiger partial charge in [-0.15, -0.1) is 0 Å². The monoisotopic (exact) mass is 299 g/mol. The summed E-state index contributed by atoms with van der Waals surface area (Å²) in [4.78, 5) is 27.7. The zero-order valence-corrected chi connectivity index (χ0v) is 13.0. The van der Waals surface area contributed by atoms with Crippen molar-refractivity contribution in [2.45, 2.75) is 25.8 Å². The molecule has 1 saturated carbocycles. The van der Waals surface area contributed by atoms with E-state index < -0.39 is 0 Å². The van der Waals surface area contributed by atoms with Crippen LogP contribution in [0.5, 0.6) is 0 Å². The fourth-order valence-electron chi connectivity index (χ4n) is 4.15. The molecule has 0 aromatic carbocycles. The third-order valence-corrected chi connectivity index (χ3v) is 5.39. The van der Waals surface area contributed by atoms with Crippen molar-refractivity contribution in [3.63, 3.8) is 0 Å². The van der Waals surface area contributed by atoms with E-state index in [2.05, 4.69) is 26.9 Å². The molecule has 22 heavy (non-hydrogen) atoms. The smallest absolute Gasteiger partial charge is 0.219 e. The van der Waals surface area contributed by atoms with Crippen LogP contribution < -0.4 is 4.90 Å². The number of H-pyrrole nitrogens is 1. The van der Waals surface area contributed by atoms with Gasteiger partial charge in [0.25, 0.3) is 0 Å². The lowest BCUT2D eigenvalue weighted by Gasteiger charge is -2.27. The third-order valence-electron chi connectivity index (χ3n) is 5.39. The summed E-state index contributed by atoms with van der Waals surface area (Å²) < 4.78 is 0. The Bertz CT molecular complexity index is 697. The highest BCUT2D eigenvalue weighted by Gasteiger charge is 2.43. The number of amides is 1. The molecule has 116 valence electrons. The van der Waals surface area contributed by atoms with Crippen molar-refractivity contribution in [3.05, 3.63) is 18.6 Å². The Labute approximate surface area is 129 Å². The van der Waals surface area contributed by atoms with Crippen LogP contribution in [0.2, 0.25) is 0 Å². The molecule has 2 aromatic heterocycles. The van der Waals surface area contributed by atoms with Gasteiger partial charge in [-0.2, -0.15) is 0 Å². The molecule has 0 spiro atoms. The van der Waals surface area contributed by atoms with Crippen molar-refractivity contribution >= 4 is 22.8 Å². The van der Waals surface area contributed by atoms with E-state index in [1.165, 1.54) is 0 Å². The number of anilines is 1. The molecule has 0 radical (unpaired) electrons.